The quantitative estimate of drug-likeness (QED) is 0.787. The van der Waals surface area contributed by atoms with Crippen molar-refractivity contribution in [3.8, 4) is 0 Å². The fraction of sp³-hybridized carbons (Fsp3) is 0.273. The van der Waals surface area contributed by atoms with E-state index in [4.69, 9.17) is 5.11 Å². The molecule has 2 heterocycles. The van der Waals surface area contributed by atoms with Gasteiger partial charge in [-0.15, -0.1) is 0 Å². The molecule has 1 atom stereocenters. The first kappa shape index (κ1) is 10.6. The van der Waals surface area contributed by atoms with Crippen molar-refractivity contribution in [2.24, 2.45) is 0 Å². The highest BCUT2D eigenvalue weighted by Gasteiger charge is 2.11. The van der Waals surface area contributed by atoms with Gasteiger partial charge in [0.05, 0.1) is 23.4 Å². The number of aromatic nitrogens is 2. The van der Waals surface area contributed by atoms with Gasteiger partial charge in [0.25, 0.3) is 5.91 Å². The van der Waals surface area contributed by atoms with E-state index < -0.39 is 6.10 Å². The van der Waals surface area contributed by atoms with Crippen LogP contribution in [-0.2, 0) is 0 Å². The number of nitrogens with zero attached hydrogens (tertiary/aromatic N) is 2. The molecule has 0 aromatic carbocycles. The number of hydrogen-bond acceptors (Lipinski definition) is 3. The first-order valence-electron chi connectivity index (χ1n) is 5.07. The number of fused-ring (bicyclic) bond motifs is 1. The van der Waals surface area contributed by atoms with Crippen LogP contribution < -0.4 is 5.32 Å². The lowest BCUT2D eigenvalue weighted by Crippen LogP contribution is -2.30. The van der Waals surface area contributed by atoms with E-state index in [1.165, 1.54) is 6.20 Å². The molecule has 2 aromatic heterocycles. The summed E-state index contributed by atoms with van der Waals surface area (Å²) < 4.78 is 1.64. The van der Waals surface area contributed by atoms with Crippen LogP contribution in [0.3, 0.4) is 0 Å². The maximum atomic E-state index is 11.7. The van der Waals surface area contributed by atoms with Crippen LogP contribution in [0.25, 0.3) is 5.52 Å². The maximum absolute atomic E-state index is 11.7. The molecule has 1 unspecified atom stereocenters. The van der Waals surface area contributed by atoms with Gasteiger partial charge in [-0.1, -0.05) is 6.07 Å². The van der Waals surface area contributed by atoms with E-state index in [0.29, 0.717) is 5.56 Å². The van der Waals surface area contributed by atoms with Gasteiger partial charge in [0.1, 0.15) is 0 Å². The van der Waals surface area contributed by atoms with Crippen molar-refractivity contribution in [1.82, 2.24) is 14.9 Å². The lowest BCUT2D eigenvalue weighted by Gasteiger charge is -2.05. The van der Waals surface area contributed by atoms with Crippen LogP contribution in [0.5, 0.6) is 0 Å². The van der Waals surface area contributed by atoms with Crippen LogP contribution in [0.15, 0.2) is 30.6 Å². The zero-order valence-corrected chi connectivity index (χ0v) is 8.92. The molecule has 0 spiro atoms. The molecule has 84 valence electrons. The van der Waals surface area contributed by atoms with Gasteiger partial charge in [0.15, 0.2) is 0 Å². The van der Waals surface area contributed by atoms with Crippen LogP contribution in [0.1, 0.15) is 17.3 Å². The summed E-state index contributed by atoms with van der Waals surface area (Å²) in [5.74, 6) is -0.220. The Morgan fingerprint density at radius 1 is 1.62 bits per heavy atom. The summed E-state index contributed by atoms with van der Waals surface area (Å²) in [6, 6.07) is 5.52. The number of hydrogen-bond donors (Lipinski definition) is 2. The Hall–Kier alpha value is -1.88. The van der Waals surface area contributed by atoms with E-state index in [-0.39, 0.29) is 12.5 Å². The average molecular weight is 219 g/mol. The summed E-state index contributed by atoms with van der Waals surface area (Å²) in [5, 5.41) is 15.8. The second kappa shape index (κ2) is 4.32. The minimum Gasteiger partial charge on any atom is -0.392 e. The van der Waals surface area contributed by atoms with E-state index in [0.717, 1.165) is 5.52 Å². The number of aliphatic hydroxyl groups is 1. The lowest BCUT2D eigenvalue weighted by atomic mass is 10.2. The minimum absolute atomic E-state index is 0.220. The Bertz CT molecular complexity index is 505. The summed E-state index contributed by atoms with van der Waals surface area (Å²) in [6.45, 7) is 1.86. The van der Waals surface area contributed by atoms with Gasteiger partial charge in [0.2, 0.25) is 0 Å². The van der Waals surface area contributed by atoms with Gasteiger partial charge in [-0.2, -0.15) is 5.10 Å². The van der Waals surface area contributed by atoms with Gasteiger partial charge in [-0.05, 0) is 19.1 Å². The van der Waals surface area contributed by atoms with E-state index in [1.807, 2.05) is 18.2 Å². The summed E-state index contributed by atoms with van der Waals surface area (Å²) in [4.78, 5) is 11.7. The van der Waals surface area contributed by atoms with Crippen LogP contribution in [0.2, 0.25) is 0 Å². The number of carbonyl (C=O) groups excluding carboxylic acids is 1. The normalized spacial score (nSPS) is 12.6. The third-order valence-corrected chi connectivity index (χ3v) is 2.23. The van der Waals surface area contributed by atoms with Crippen molar-refractivity contribution in [3.05, 3.63) is 36.2 Å². The zero-order valence-electron chi connectivity index (χ0n) is 8.92. The molecule has 5 heteroatoms. The monoisotopic (exact) mass is 219 g/mol. The summed E-state index contributed by atoms with van der Waals surface area (Å²) in [5.41, 5.74) is 1.27. The molecule has 0 saturated carbocycles. The Labute approximate surface area is 92.7 Å². The molecule has 2 aromatic rings. The molecular formula is C11H13N3O2. The standard InChI is InChI=1S/C11H13N3O2/c1-8(15)6-12-11(16)9-7-13-14-5-3-2-4-10(9)14/h2-5,7-8,15H,6H2,1H3,(H,12,16). The minimum atomic E-state index is -0.550. The topological polar surface area (TPSA) is 66.6 Å². The van der Waals surface area contributed by atoms with Gasteiger partial charge in [-0.25, -0.2) is 4.52 Å². The molecule has 2 rings (SSSR count). The molecule has 16 heavy (non-hydrogen) atoms. The predicted molar refractivity (Wildman–Crippen MR) is 59.2 cm³/mol. The van der Waals surface area contributed by atoms with Crippen LogP contribution in [0.4, 0.5) is 0 Å². The molecule has 0 saturated heterocycles. The van der Waals surface area contributed by atoms with E-state index in [9.17, 15) is 4.79 Å². The number of rotatable bonds is 3. The third kappa shape index (κ3) is 2.04. The second-order valence-electron chi connectivity index (χ2n) is 3.65. The largest absolute Gasteiger partial charge is 0.392 e. The van der Waals surface area contributed by atoms with E-state index >= 15 is 0 Å². The van der Waals surface area contributed by atoms with E-state index in [1.54, 1.807) is 17.6 Å². The molecule has 0 aliphatic rings. The number of carbonyl (C=O) groups is 1. The van der Waals surface area contributed by atoms with Crippen molar-refractivity contribution < 1.29 is 9.90 Å². The van der Waals surface area contributed by atoms with Crippen LogP contribution >= 0.6 is 0 Å². The van der Waals surface area contributed by atoms with Gasteiger partial charge >= 0.3 is 0 Å². The molecule has 0 bridgehead atoms. The Morgan fingerprint density at radius 2 is 2.44 bits per heavy atom. The lowest BCUT2D eigenvalue weighted by molar-refractivity contribution is 0.0925. The summed E-state index contributed by atoms with van der Waals surface area (Å²) in [7, 11) is 0. The molecule has 0 radical (unpaired) electrons. The smallest absolute Gasteiger partial charge is 0.255 e. The van der Waals surface area contributed by atoms with Crippen molar-refractivity contribution in [2.45, 2.75) is 13.0 Å². The van der Waals surface area contributed by atoms with Gasteiger partial charge in [0, 0.05) is 12.7 Å². The highest BCUT2D eigenvalue weighted by molar-refractivity contribution is 6.00. The SMILES string of the molecule is CC(O)CNC(=O)c1cnn2ccccc12. The van der Waals surface area contributed by atoms with Gasteiger partial charge < -0.3 is 10.4 Å². The van der Waals surface area contributed by atoms with Crippen LogP contribution in [-0.4, -0.2) is 33.3 Å². The third-order valence-electron chi connectivity index (χ3n) is 2.23. The highest BCUT2D eigenvalue weighted by atomic mass is 16.3. The number of aliphatic hydroxyl groups excluding tert-OH is 1. The van der Waals surface area contributed by atoms with Crippen molar-refractivity contribution in [3.63, 3.8) is 0 Å². The molecular weight excluding hydrogens is 206 g/mol. The molecule has 0 fully saturated rings. The van der Waals surface area contributed by atoms with Crippen LogP contribution in [0, 0.1) is 0 Å². The summed E-state index contributed by atoms with van der Waals surface area (Å²) >= 11 is 0. The second-order valence-corrected chi connectivity index (χ2v) is 3.65. The van der Waals surface area contributed by atoms with Crippen molar-refractivity contribution in [1.29, 1.82) is 0 Å². The molecule has 2 N–H and O–H groups in total. The number of amides is 1. The average Bonchev–Trinajstić information content (AvgIpc) is 2.69. The Kier molecular flexibility index (Phi) is 2.87. The maximum Gasteiger partial charge on any atom is 0.255 e. The van der Waals surface area contributed by atoms with Gasteiger partial charge in [-0.3, -0.25) is 4.79 Å². The Balaban J connectivity index is 2.23. The first-order chi connectivity index (χ1) is 7.68. The van der Waals surface area contributed by atoms with Crippen molar-refractivity contribution >= 4 is 11.4 Å². The summed E-state index contributed by atoms with van der Waals surface area (Å²) in [6.07, 6.45) is 2.75. The zero-order chi connectivity index (χ0) is 11.5. The Morgan fingerprint density at radius 3 is 3.19 bits per heavy atom. The predicted octanol–water partition coefficient (Wildman–Crippen LogP) is 0.445. The molecule has 5 nitrogen and oxygen atoms in total. The fourth-order valence-corrected chi connectivity index (χ4v) is 1.45. The number of pyridine rings is 1. The molecule has 1 amide bonds. The fourth-order valence-electron chi connectivity index (χ4n) is 1.45. The first-order valence-corrected chi connectivity index (χ1v) is 5.07. The molecule has 0 aliphatic heterocycles. The highest BCUT2D eigenvalue weighted by Crippen LogP contribution is 2.09. The molecule has 0 aliphatic carbocycles. The number of nitrogens with one attached hydrogen (secondary N) is 1. The van der Waals surface area contributed by atoms with Crippen molar-refractivity contribution in [2.75, 3.05) is 6.54 Å². The van der Waals surface area contributed by atoms with E-state index in [2.05, 4.69) is 10.4 Å².